The monoisotopic (exact) mass is 292 g/mol. The Labute approximate surface area is 128 Å². The predicted octanol–water partition coefficient (Wildman–Crippen LogP) is 4.19. The quantitative estimate of drug-likeness (QED) is 0.653. The summed E-state index contributed by atoms with van der Waals surface area (Å²) in [5, 5.41) is 10.3. The summed E-state index contributed by atoms with van der Waals surface area (Å²) in [6, 6.07) is 1.94. The van der Waals surface area contributed by atoms with Crippen molar-refractivity contribution in [3.63, 3.8) is 0 Å². The number of carbonyl (C=O) groups is 1. The first-order chi connectivity index (χ1) is 9.68. The summed E-state index contributed by atoms with van der Waals surface area (Å²) >= 11 is 0. The normalized spacial score (nSPS) is 11.5. The predicted molar refractivity (Wildman–Crippen MR) is 85.9 cm³/mol. The second kappa shape index (κ2) is 6.97. The first-order valence-corrected chi connectivity index (χ1v) is 7.66. The van der Waals surface area contributed by atoms with E-state index in [9.17, 15) is 9.90 Å². The Morgan fingerprint density at radius 1 is 1.24 bits per heavy atom. The fourth-order valence-corrected chi connectivity index (χ4v) is 2.26. The van der Waals surface area contributed by atoms with Gasteiger partial charge in [-0.1, -0.05) is 40.2 Å². The molecule has 1 aromatic rings. The smallest absolute Gasteiger partial charge is 0.310 e. The Bertz CT molecular complexity index is 510. The minimum absolute atomic E-state index is 0.163. The Kier molecular flexibility index (Phi) is 5.82. The number of phenolic OH excluding ortho intramolecular Hbond substituents is 1. The molecule has 3 heteroatoms. The molecular formula is C18H28O3. The lowest BCUT2D eigenvalue weighted by Crippen LogP contribution is -2.15. The maximum Gasteiger partial charge on any atom is 0.310 e. The van der Waals surface area contributed by atoms with Crippen LogP contribution in [0.4, 0.5) is 0 Å². The van der Waals surface area contributed by atoms with Gasteiger partial charge < -0.3 is 9.84 Å². The van der Waals surface area contributed by atoms with Crippen molar-refractivity contribution in [3.8, 4) is 5.75 Å². The minimum atomic E-state index is -0.198. The molecule has 1 N–H and O–H groups in total. The Morgan fingerprint density at radius 3 is 2.38 bits per heavy atom. The van der Waals surface area contributed by atoms with Crippen LogP contribution in [0.1, 0.15) is 62.8 Å². The van der Waals surface area contributed by atoms with Gasteiger partial charge in [0.25, 0.3) is 0 Å². The van der Waals surface area contributed by atoms with Crippen LogP contribution >= 0.6 is 0 Å². The summed E-state index contributed by atoms with van der Waals surface area (Å²) in [7, 11) is 0. The topological polar surface area (TPSA) is 46.5 Å². The summed E-state index contributed by atoms with van der Waals surface area (Å²) < 4.78 is 5.24. The Balaban J connectivity index is 3.02. The van der Waals surface area contributed by atoms with Crippen LogP contribution in [0.3, 0.4) is 0 Å². The second-order valence-electron chi connectivity index (χ2n) is 6.68. The van der Waals surface area contributed by atoms with Crippen molar-refractivity contribution in [1.29, 1.82) is 0 Å². The number of hydrogen-bond donors (Lipinski definition) is 1. The molecule has 0 heterocycles. The van der Waals surface area contributed by atoms with Crippen LogP contribution in [-0.2, 0) is 21.4 Å². The molecule has 0 aliphatic heterocycles. The van der Waals surface area contributed by atoms with Gasteiger partial charge in [-0.2, -0.15) is 0 Å². The van der Waals surface area contributed by atoms with Crippen molar-refractivity contribution in [2.24, 2.45) is 0 Å². The maximum absolute atomic E-state index is 11.9. The van der Waals surface area contributed by atoms with Gasteiger partial charge in [-0.25, -0.2) is 0 Å². The highest BCUT2D eigenvalue weighted by molar-refractivity contribution is 5.74. The van der Waals surface area contributed by atoms with E-state index in [4.69, 9.17) is 4.74 Å². The van der Waals surface area contributed by atoms with Crippen LogP contribution in [0.25, 0.3) is 0 Å². The highest BCUT2D eigenvalue weighted by Crippen LogP contribution is 2.36. The Morgan fingerprint density at radius 2 is 1.86 bits per heavy atom. The number of aromatic hydroxyl groups is 1. The van der Waals surface area contributed by atoms with Gasteiger partial charge in [-0.05, 0) is 47.9 Å². The fraction of sp³-hybridized carbons (Fsp3) is 0.611. The van der Waals surface area contributed by atoms with E-state index >= 15 is 0 Å². The third-order valence-electron chi connectivity index (χ3n) is 3.88. The molecule has 1 rings (SSSR count). The maximum atomic E-state index is 11.9. The van der Waals surface area contributed by atoms with E-state index in [1.54, 1.807) is 0 Å². The third kappa shape index (κ3) is 4.48. The van der Waals surface area contributed by atoms with E-state index in [1.165, 1.54) is 0 Å². The zero-order valence-electron chi connectivity index (χ0n) is 14.2. The van der Waals surface area contributed by atoms with Crippen LogP contribution < -0.4 is 0 Å². The minimum Gasteiger partial charge on any atom is -0.507 e. The fourth-order valence-electron chi connectivity index (χ4n) is 2.26. The van der Waals surface area contributed by atoms with E-state index in [2.05, 4.69) is 27.7 Å². The first kappa shape index (κ1) is 17.5. The summed E-state index contributed by atoms with van der Waals surface area (Å²) in [6.07, 6.45) is 2.17. The van der Waals surface area contributed by atoms with Gasteiger partial charge in [0.05, 0.1) is 13.0 Å². The lowest BCUT2D eigenvalue weighted by Gasteiger charge is -2.24. The van der Waals surface area contributed by atoms with E-state index in [0.717, 1.165) is 35.1 Å². The molecule has 0 spiro atoms. The van der Waals surface area contributed by atoms with Crippen molar-refractivity contribution in [1.82, 2.24) is 0 Å². The van der Waals surface area contributed by atoms with Crippen LogP contribution in [0.15, 0.2) is 6.07 Å². The number of hydrogen-bond acceptors (Lipinski definition) is 3. The number of unbranched alkanes of at least 4 members (excludes halogenated alkanes) is 1. The molecule has 0 atom stereocenters. The molecule has 0 bridgehead atoms. The molecule has 118 valence electrons. The highest BCUT2D eigenvalue weighted by Gasteiger charge is 2.22. The number of carbonyl (C=O) groups excluding carboxylic acids is 1. The van der Waals surface area contributed by atoms with Crippen molar-refractivity contribution in [2.45, 2.75) is 66.2 Å². The molecule has 21 heavy (non-hydrogen) atoms. The van der Waals surface area contributed by atoms with Crippen LogP contribution in [-0.4, -0.2) is 17.7 Å². The van der Waals surface area contributed by atoms with Gasteiger partial charge in [0.1, 0.15) is 5.75 Å². The average Bonchev–Trinajstić information content (AvgIpc) is 2.38. The molecule has 3 nitrogen and oxygen atoms in total. The van der Waals surface area contributed by atoms with Gasteiger partial charge in [-0.3, -0.25) is 4.79 Å². The van der Waals surface area contributed by atoms with Crippen molar-refractivity contribution < 1.29 is 14.6 Å². The molecule has 0 saturated heterocycles. The molecule has 0 radical (unpaired) electrons. The van der Waals surface area contributed by atoms with Crippen LogP contribution in [0.5, 0.6) is 5.75 Å². The van der Waals surface area contributed by atoms with E-state index in [1.807, 2.05) is 19.9 Å². The largest absolute Gasteiger partial charge is 0.507 e. The van der Waals surface area contributed by atoms with Gasteiger partial charge in [0, 0.05) is 0 Å². The zero-order chi connectivity index (χ0) is 16.2. The highest BCUT2D eigenvalue weighted by atomic mass is 16.5. The first-order valence-electron chi connectivity index (χ1n) is 7.66. The standard InChI is InChI=1S/C18H28O3/c1-7-8-9-21-16(19)11-14-10-15(18(4,5)6)17(20)13(3)12(14)2/h10,20H,7-9,11H2,1-6H3. The number of phenols is 1. The second-order valence-corrected chi connectivity index (χ2v) is 6.68. The van der Waals surface area contributed by atoms with Gasteiger partial charge in [-0.15, -0.1) is 0 Å². The molecule has 0 amide bonds. The number of esters is 1. The van der Waals surface area contributed by atoms with Crippen LogP contribution in [0, 0.1) is 13.8 Å². The molecule has 0 aliphatic rings. The third-order valence-corrected chi connectivity index (χ3v) is 3.88. The van der Waals surface area contributed by atoms with Gasteiger partial charge in [0.15, 0.2) is 0 Å². The van der Waals surface area contributed by atoms with Crippen molar-refractivity contribution in [2.75, 3.05) is 6.61 Å². The summed E-state index contributed by atoms with van der Waals surface area (Å²) in [4.78, 5) is 11.9. The molecule has 0 aromatic heterocycles. The van der Waals surface area contributed by atoms with Crippen molar-refractivity contribution >= 4 is 5.97 Å². The molecular weight excluding hydrogens is 264 g/mol. The molecule has 1 aromatic carbocycles. The van der Waals surface area contributed by atoms with E-state index < -0.39 is 0 Å². The Hall–Kier alpha value is -1.51. The van der Waals surface area contributed by atoms with E-state index in [-0.39, 0.29) is 17.8 Å². The lowest BCUT2D eigenvalue weighted by atomic mass is 9.82. The number of rotatable bonds is 5. The SMILES string of the molecule is CCCCOC(=O)Cc1cc(C(C)(C)C)c(O)c(C)c1C. The summed E-state index contributed by atoms with van der Waals surface area (Å²) in [6.45, 7) is 12.6. The molecule has 0 unspecified atom stereocenters. The molecule has 0 aliphatic carbocycles. The van der Waals surface area contributed by atoms with E-state index in [0.29, 0.717) is 12.4 Å². The summed E-state index contributed by atoms with van der Waals surface area (Å²) in [5.41, 5.74) is 3.47. The molecule has 0 saturated carbocycles. The van der Waals surface area contributed by atoms with Crippen LogP contribution in [0.2, 0.25) is 0 Å². The van der Waals surface area contributed by atoms with Gasteiger partial charge in [0.2, 0.25) is 0 Å². The molecule has 0 fully saturated rings. The number of ether oxygens (including phenoxy) is 1. The van der Waals surface area contributed by atoms with Gasteiger partial charge >= 0.3 is 5.97 Å². The zero-order valence-corrected chi connectivity index (χ0v) is 14.2. The average molecular weight is 292 g/mol. The lowest BCUT2D eigenvalue weighted by molar-refractivity contribution is -0.142. The summed E-state index contributed by atoms with van der Waals surface area (Å²) in [5.74, 6) is 0.139. The number of benzene rings is 1. The van der Waals surface area contributed by atoms with Crippen molar-refractivity contribution in [3.05, 3.63) is 28.3 Å².